The second-order valence-corrected chi connectivity index (χ2v) is 9.83. The van der Waals surface area contributed by atoms with Crippen LogP contribution in [-0.2, 0) is 20.6 Å². The predicted molar refractivity (Wildman–Crippen MR) is 133 cm³/mol. The maximum absolute atomic E-state index is 11.8. The second kappa shape index (κ2) is 12.6. The van der Waals surface area contributed by atoms with E-state index in [1.54, 1.807) is 11.8 Å². The lowest BCUT2D eigenvalue weighted by Crippen LogP contribution is -2.60. The number of rotatable bonds is 10. The molecule has 1 unspecified atom stereocenters. The summed E-state index contributed by atoms with van der Waals surface area (Å²) in [7, 11) is 1.60. The lowest BCUT2D eigenvalue weighted by atomic mass is 9.99. The Morgan fingerprint density at radius 2 is 1.73 bits per heavy atom. The van der Waals surface area contributed by atoms with Crippen molar-refractivity contribution in [1.82, 2.24) is 9.78 Å². The SMILES string of the molecule is COc1ccc(Cc2c(OC3O[C@H](COC(=O)OCC(C)C)[C@@H](O)[C@H](O)[C@H]3O)nn(C(C)C)c2C)cc1. The molecule has 2 aromatic rings. The fourth-order valence-corrected chi connectivity index (χ4v) is 3.96. The molecule has 3 rings (SSSR count). The average Bonchev–Trinajstić information content (AvgIpc) is 3.17. The third-order valence-electron chi connectivity index (χ3n) is 6.06. The molecular weight excluding hydrogens is 484 g/mol. The predicted octanol–water partition coefficient (Wildman–Crippen LogP) is 2.37. The van der Waals surface area contributed by atoms with Crippen molar-refractivity contribution in [3.8, 4) is 11.6 Å². The Morgan fingerprint density at radius 3 is 2.32 bits per heavy atom. The van der Waals surface area contributed by atoms with Crippen molar-refractivity contribution in [2.45, 2.75) is 77.8 Å². The van der Waals surface area contributed by atoms with Gasteiger partial charge in [-0.05, 0) is 44.4 Å². The first kappa shape index (κ1) is 28.7. The van der Waals surface area contributed by atoms with Crippen molar-refractivity contribution < 1.29 is 43.8 Å². The largest absolute Gasteiger partial charge is 0.508 e. The van der Waals surface area contributed by atoms with Crippen LogP contribution in [0.5, 0.6) is 11.6 Å². The summed E-state index contributed by atoms with van der Waals surface area (Å²) in [6.07, 6.45) is -7.65. The fourth-order valence-electron chi connectivity index (χ4n) is 3.96. The third-order valence-corrected chi connectivity index (χ3v) is 6.06. The molecule has 0 radical (unpaired) electrons. The maximum Gasteiger partial charge on any atom is 0.508 e. The van der Waals surface area contributed by atoms with E-state index in [1.807, 2.05) is 58.9 Å². The molecule has 11 heteroatoms. The highest BCUT2D eigenvalue weighted by molar-refractivity contribution is 5.59. The Hall–Kier alpha value is -2.86. The van der Waals surface area contributed by atoms with E-state index in [9.17, 15) is 20.1 Å². The summed E-state index contributed by atoms with van der Waals surface area (Å²) in [5.74, 6) is 1.09. The number of methoxy groups -OCH3 is 1. The Bertz CT molecular complexity index is 1020. The Labute approximate surface area is 216 Å². The van der Waals surface area contributed by atoms with Gasteiger partial charge in [-0.3, -0.25) is 4.68 Å². The molecule has 1 aliphatic rings. The van der Waals surface area contributed by atoms with Crippen LogP contribution in [0.3, 0.4) is 0 Å². The molecular formula is C26H38N2O9. The van der Waals surface area contributed by atoms with E-state index in [0.29, 0.717) is 6.42 Å². The zero-order valence-corrected chi connectivity index (χ0v) is 22.2. The molecule has 1 aromatic carbocycles. The summed E-state index contributed by atoms with van der Waals surface area (Å²) in [4.78, 5) is 11.8. The van der Waals surface area contributed by atoms with Gasteiger partial charge in [0.25, 0.3) is 0 Å². The standard InChI is InChI=1S/C26H38N2O9/c1-14(2)12-34-26(32)35-13-20-21(29)22(30)23(31)25(36-20)37-24-19(16(5)28(27-24)15(3)4)11-17-7-9-18(33-6)10-8-17/h7-10,14-15,20-23,25,29-31H,11-13H2,1-6H3/t20-,21-,22+,23-,25?/m1/s1. The molecule has 0 aliphatic carbocycles. The maximum atomic E-state index is 11.8. The van der Waals surface area contributed by atoms with Gasteiger partial charge in [0, 0.05) is 23.7 Å². The first-order valence-electron chi connectivity index (χ1n) is 12.4. The van der Waals surface area contributed by atoms with Crippen LogP contribution in [0.25, 0.3) is 0 Å². The topological polar surface area (TPSA) is 142 Å². The van der Waals surface area contributed by atoms with E-state index in [0.717, 1.165) is 22.6 Å². The van der Waals surface area contributed by atoms with Crippen LogP contribution in [0.4, 0.5) is 4.79 Å². The van der Waals surface area contributed by atoms with E-state index in [2.05, 4.69) is 5.10 Å². The second-order valence-electron chi connectivity index (χ2n) is 9.83. The Balaban J connectivity index is 1.78. The zero-order valence-electron chi connectivity index (χ0n) is 22.2. The minimum atomic E-state index is -1.60. The molecule has 11 nitrogen and oxygen atoms in total. The van der Waals surface area contributed by atoms with Gasteiger partial charge in [0.15, 0.2) is 0 Å². The number of benzene rings is 1. The molecule has 2 heterocycles. The van der Waals surface area contributed by atoms with Crippen LogP contribution in [0.1, 0.15) is 50.6 Å². The number of aliphatic hydroxyl groups excluding tert-OH is 3. The van der Waals surface area contributed by atoms with E-state index < -0.39 is 43.5 Å². The van der Waals surface area contributed by atoms with Crippen molar-refractivity contribution in [2.24, 2.45) is 5.92 Å². The van der Waals surface area contributed by atoms with E-state index in [-0.39, 0.29) is 24.4 Å². The molecule has 5 atom stereocenters. The number of ether oxygens (including phenoxy) is 5. The monoisotopic (exact) mass is 522 g/mol. The van der Waals surface area contributed by atoms with Crippen LogP contribution in [-0.4, -0.2) is 82.3 Å². The van der Waals surface area contributed by atoms with Crippen LogP contribution in [0.2, 0.25) is 0 Å². The van der Waals surface area contributed by atoms with E-state index in [1.165, 1.54) is 0 Å². The molecule has 0 bridgehead atoms. The molecule has 1 aromatic heterocycles. The number of carbonyl (C=O) groups is 1. The van der Waals surface area contributed by atoms with Gasteiger partial charge in [0.1, 0.15) is 36.8 Å². The number of aromatic nitrogens is 2. The summed E-state index contributed by atoms with van der Waals surface area (Å²) < 4.78 is 28.8. The number of hydrogen-bond donors (Lipinski definition) is 3. The highest BCUT2D eigenvalue weighted by atomic mass is 16.7. The normalized spacial score (nSPS) is 23.8. The average molecular weight is 523 g/mol. The molecule has 1 saturated heterocycles. The summed E-state index contributed by atoms with van der Waals surface area (Å²) in [6, 6.07) is 7.63. The highest BCUT2D eigenvalue weighted by Gasteiger charge is 2.46. The molecule has 1 aliphatic heterocycles. The molecule has 0 spiro atoms. The Kier molecular flexibility index (Phi) is 9.77. The summed E-state index contributed by atoms with van der Waals surface area (Å²) in [6.45, 7) is 9.43. The fraction of sp³-hybridized carbons (Fsp3) is 0.615. The number of nitrogens with zero attached hydrogens (tertiary/aromatic N) is 2. The van der Waals surface area contributed by atoms with Crippen molar-refractivity contribution >= 4 is 6.16 Å². The van der Waals surface area contributed by atoms with Crippen molar-refractivity contribution in [3.63, 3.8) is 0 Å². The lowest BCUT2D eigenvalue weighted by molar-refractivity contribution is -0.278. The minimum Gasteiger partial charge on any atom is -0.497 e. The van der Waals surface area contributed by atoms with Gasteiger partial charge < -0.3 is 39.0 Å². The van der Waals surface area contributed by atoms with Crippen molar-refractivity contribution in [3.05, 3.63) is 41.1 Å². The smallest absolute Gasteiger partial charge is 0.497 e. The number of hydrogen-bond acceptors (Lipinski definition) is 10. The molecule has 206 valence electrons. The summed E-state index contributed by atoms with van der Waals surface area (Å²) >= 11 is 0. The lowest BCUT2D eigenvalue weighted by Gasteiger charge is -2.39. The van der Waals surface area contributed by atoms with Gasteiger partial charge in [-0.1, -0.05) is 26.0 Å². The van der Waals surface area contributed by atoms with E-state index >= 15 is 0 Å². The van der Waals surface area contributed by atoms with Crippen LogP contribution in [0.15, 0.2) is 24.3 Å². The number of carbonyl (C=O) groups excluding carboxylic acids is 1. The van der Waals surface area contributed by atoms with Gasteiger partial charge in [0.05, 0.1) is 13.7 Å². The summed E-state index contributed by atoms with van der Waals surface area (Å²) in [5.41, 5.74) is 2.64. The minimum absolute atomic E-state index is 0.0366. The van der Waals surface area contributed by atoms with Crippen LogP contribution >= 0.6 is 0 Å². The van der Waals surface area contributed by atoms with Gasteiger partial charge in [-0.15, -0.1) is 5.10 Å². The van der Waals surface area contributed by atoms with E-state index in [4.69, 9.17) is 23.7 Å². The molecule has 1 fully saturated rings. The third kappa shape index (κ3) is 7.13. The number of aliphatic hydroxyl groups is 3. The van der Waals surface area contributed by atoms with Crippen LogP contribution in [0, 0.1) is 12.8 Å². The highest BCUT2D eigenvalue weighted by Crippen LogP contribution is 2.31. The Morgan fingerprint density at radius 1 is 1.05 bits per heavy atom. The quantitative estimate of drug-likeness (QED) is 0.398. The molecule has 3 N–H and O–H groups in total. The van der Waals surface area contributed by atoms with Crippen LogP contribution < -0.4 is 9.47 Å². The molecule has 0 amide bonds. The van der Waals surface area contributed by atoms with Crippen molar-refractivity contribution in [2.75, 3.05) is 20.3 Å². The zero-order chi connectivity index (χ0) is 27.3. The first-order valence-corrected chi connectivity index (χ1v) is 12.4. The summed E-state index contributed by atoms with van der Waals surface area (Å²) in [5, 5.41) is 36.0. The first-order chi connectivity index (χ1) is 17.5. The van der Waals surface area contributed by atoms with Gasteiger partial charge in [-0.25, -0.2) is 4.79 Å². The van der Waals surface area contributed by atoms with Crippen molar-refractivity contribution in [1.29, 1.82) is 0 Å². The van der Waals surface area contributed by atoms with Gasteiger partial charge in [0.2, 0.25) is 12.2 Å². The molecule has 0 saturated carbocycles. The van der Waals surface area contributed by atoms with Gasteiger partial charge >= 0.3 is 6.16 Å². The van der Waals surface area contributed by atoms with Gasteiger partial charge in [-0.2, -0.15) is 0 Å². The molecule has 37 heavy (non-hydrogen) atoms.